The molecule has 0 spiro atoms. The molecule has 0 aliphatic heterocycles. The summed E-state index contributed by atoms with van der Waals surface area (Å²) in [5.74, 6) is -0.921. The Balaban J connectivity index is 2.24. The number of hydrogen-bond donors (Lipinski definition) is 1. The molecule has 0 heterocycles. The molecule has 1 aliphatic rings. The third-order valence-corrected chi connectivity index (χ3v) is 5.35. The lowest BCUT2D eigenvalue weighted by molar-refractivity contribution is 0.148. The van der Waals surface area contributed by atoms with Crippen LogP contribution >= 0.6 is 15.9 Å². The molecule has 0 aromatic heterocycles. The first-order valence-electron chi connectivity index (χ1n) is 7.27. The molecule has 0 amide bonds. The van der Waals surface area contributed by atoms with E-state index < -0.39 is 11.6 Å². The Morgan fingerprint density at radius 1 is 1.25 bits per heavy atom. The van der Waals surface area contributed by atoms with Crippen LogP contribution in [0.25, 0.3) is 0 Å². The summed E-state index contributed by atoms with van der Waals surface area (Å²) in [6.45, 7) is 2.24. The van der Waals surface area contributed by atoms with E-state index in [0.717, 1.165) is 12.8 Å². The van der Waals surface area contributed by atoms with Crippen LogP contribution in [0.15, 0.2) is 16.6 Å². The van der Waals surface area contributed by atoms with Crippen molar-refractivity contribution in [3.63, 3.8) is 0 Å². The van der Waals surface area contributed by atoms with Gasteiger partial charge in [0.1, 0.15) is 11.6 Å². The topological polar surface area (TPSA) is 12.0 Å². The molecule has 4 heteroatoms. The van der Waals surface area contributed by atoms with Crippen molar-refractivity contribution >= 4 is 15.9 Å². The van der Waals surface area contributed by atoms with Gasteiger partial charge in [0.15, 0.2) is 0 Å². The first kappa shape index (κ1) is 15.9. The lowest BCUT2D eigenvalue weighted by Gasteiger charge is -2.41. The second-order valence-corrected chi connectivity index (χ2v) is 6.94. The van der Waals surface area contributed by atoms with Gasteiger partial charge in [0, 0.05) is 11.6 Å². The number of rotatable bonds is 4. The number of benzene rings is 1. The van der Waals surface area contributed by atoms with Crippen LogP contribution in [0.4, 0.5) is 8.78 Å². The zero-order chi connectivity index (χ0) is 14.8. The van der Waals surface area contributed by atoms with Crippen molar-refractivity contribution in [2.45, 2.75) is 51.5 Å². The molecule has 0 saturated heterocycles. The monoisotopic (exact) mass is 345 g/mol. The Hall–Kier alpha value is -0.480. The lowest BCUT2D eigenvalue weighted by atomic mass is 9.69. The van der Waals surface area contributed by atoms with Crippen molar-refractivity contribution < 1.29 is 8.78 Å². The average Bonchev–Trinajstić information content (AvgIpc) is 2.44. The summed E-state index contributed by atoms with van der Waals surface area (Å²) in [4.78, 5) is 0. The van der Waals surface area contributed by atoms with Gasteiger partial charge in [0.05, 0.1) is 4.47 Å². The number of nitrogens with one attached hydrogen (secondary N) is 1. The Morgan fingerprint density at radius 3 is 2.50 bits per heavy atom. The average molecular weight is 346 g/mol. The highest BCUT2D eigenvalue weighted by Gasteiger charge is 2.35. The Bertz CT molecular complexity index is 470. The summed E-state index contributed by atoms with van der Waals surface area (Å²) in [5, 5.41) is 3.29. The molecule has 1 fully saturated rings. The fraction of sp³-hybridized carbons (Fsp3) is 0.625. The maximum atomic E-state index is 14.1. The molecule has 20 heavy (non-hydrogen) atoms. The fourth-order valence-electron chi connectivity index (χ4n) is 3.37. The zero-order valence-corrected chi connectivity index (χ0v) is 13.7. The summed E-state index contributed by atoms with van der Waals surface area (Å²) in [6.07, 6.45) is 6.32. The fourth-order valence-corrected chi connectivity index (χ4v) is 3.74. The van der Waals surface area contributed by atoms with Gasteiger partial charge >= 0.3 is 0 Å². The lowest BCUT2D eigenvalue weighted by Crippen LogP contribution is -2.45. The largest absolute Gasteiger partial charge is 0.316 e. The van der Waals surface area contributed by atoms with Gasteiger partial charge in [-0.15, -0.1) is 0 Å². The van der Waals surface area contributed by atoms with E-state index in [1.54, 1.807) is 0 Å². The molecule has 1 atom stereocenters. The summed E-state index contributed by atoms with van der Waals surface area (Å²) in [7, 11) is 1.89. The Labute approximate surface area is 128 Å². The van der Waals surface area contributed by atoms with E-state index >= 15 is 0 Å². The van der Waals surface area contributed by atoms with E-state index in [1.165, 1.54) is 31.4 Å². The van der Waals surface area contributed by atoms with Gasteiger partial charge in [-0.05, 0) is 59.8 Å². The van der Waals surface area contributed by atoms with E-state index in [9.17, 15) is 8.78 Å². The van der Waals surface area contributed by atoms with Crippen molar-refractivity contribution in [2.24, 2.45) is 5.41 Å². The molecule has 0 bridgehead atoms. The quantitative estimate of drug-likeness (QED) is 0.770. The smallest absolute Gasteiger partial charge is 0.143 e. The molecule has 1 saturated carbocycles. The van der Waals surface area contributed by atoms with Crippen LogP contribution in [-0.4, -0.2) is 13.1 Å². The van der Waals surface area contributed by atoms with Gasteiger partial charge in [-0.3, -0.25) is 0 Å². The standard InChI is InChI=1S/C16H22BrF2N/c1-16(8-4-3-5-9-16)14(20-2)10-11-13(18)7-6-12(17)15(11)19/h6-7,14,20H,3-5,8-10H2,1-2H3. The molecule has 2 rings (SSSR count). The van der Waals surface area contributed by atoms with E-state index in [0.29, 0.717) is 10.9 Å². The summed E-state index contributed by atoms with van der Waals surface area (Å²) in [6, 6.07) is 2.85. The normalized spacial score (nSPS) is 19.9. The molecule has 1 N–H and O–H groups in total. The van der Waals surface area contributed by atoms with Crippen LogP contribution in [-0.2, 0) is 6.42 Å². The summed E-state index contributed by atoms with van der Waals surface area (Å²) >= 11 is 3.14. The molecular weight excluding hydrogens is 324 g/mol. The second kappa shape index (κ2) is 6.52. The van der Waals surface area contributed by atoms with Crippen LogP contribution in [0, 0.1) is 17.0 Å². The third-order valence-electron chi connectivity index (χ3n) is 4.73. The highest BCUT2D eigenvalue weighted by molar-refractivity contribution is 9.10. The van der Waals surface area contributed by atoms with Gasteiger partial charge < -0.3 is 5.32 Å². The highest BCUT2D eigenvalue weighted by Crippen LogP contribution is 2.40. The molecule has 0 radical (unpaired) electrons. The molecule has 1 nitrogen and oxygen atoms in total. The van der Waals surface area contributed by atoms with Crippen LogP contribution in [0.5, 0.6) is 0 Å². The van der Waals surface area contributed by atoms with Crippen LogP contribution in [0.3, 0.4) is 0 Å². The number of likely N-dealkylation sites (N-methyl/N-ethyl adjacent to an activating group) is 1. The predicted molar refractivity (Wildman–Crippen MR) is 81.8 cm³/mol. The first-order chi connectivity index (χ1) is 9.48. The van der Waals surface area contributed by atoms with E-state index in [-0.39, 0.29) is 17.0 Å². The SMILES string of the molecule is CNC(Cc1c(F)ccc(Br)c1F)C1(C)CCCCC1. The highest BCUT2D eigenvalue weighted by atomic mass is 79.9. The third kappa shape index (κ3) is 3.22. The van der Waals surface area contributed by atoms with Gasteiger partial charge in [-0.2, -0.15) is 0 Å². The predicted octanol–water partition coefficient (Wildman–Crippen LogP) is 4.83. The number of hydrogen-bond acceptors (Lipinski definition) is 1. The number of halogens is 3. The first-order valence-corrected chi connectivity index (χ1v) is 8.07. The van der Waals surface area contributed by atoms with Crippen molar-refractivity contribution in [3.8, 4) is 0 Å². The molecular formula is C16H22BrF2N. The van der Waals surface area contributed by atoms with E-state index in [1.807, 2.05) is 7.05 Å². The minimum atomic E-state index is -0.468. The van der Waals surface area contributed by atoms with Gasteiger partial charge in [-0.1, -0.05) is 26.2 Å². The van der Waals surface area contributed by atoms with Crippen molar-refractivity contribution in [1.29, 1.82) is 0 Å². The van der Waals surface area contributed by atoms with Crippen molar-refractivity contribution in [3.05, 3.63) is 33.8 Å². The minimum absolute atomic E-state index is 0.0982. The van der Waals surface area contributed by atoms with Gasteiger partial charge in [0.25, 0.3) is 0 Å². The molecule has 1 aromatic carbocycles. The summed E-state index contributed by atoms with van der Waals surface area (Å²) in [5.41, 5.74) is 0.305. The minimum Gasteiger partial charge on any atom is -0.316 e. The van der Waals surface area contributed by atoms with E-state index in [4.69, 9.17) is 0 Å². The summed E-state index contributed by atoms with van der Waals surface area (Å²) < 4.78 is 28.4. The van der Waals surface area contributed by atoms with Crippen LogP contribution in [0.1, 0.15) is 44.6 Å². The van der Waals surface area contributed by atoms with Crippen LogP contribution < -0.4 is 5.32 Å². The molecule has 1 unspecified atom stereocenters. The molecule has 1 aromatic rings. The Kier molecular flexibility index (Phi) is 5.19. The van der Waals surface area contributed by atoms with Crippen molar-refractivity contribution in [1.82, 2.24) is 5.32 Å². The van der Waals surface area contributed by atoms with Gasteiger partial charge in [0.2, 0.25) is 0 Å². The van der Waals surface area contributed by atoms with Crippen LogP contribution in [0.2, 0.25) is 0 Å². The second-order valence-electron chi connectivity index (χ2n) is 6.08. The van der Waals surface area contributed by atoms with Crippen molar-refractivity contribution in [2.75, 3.05) is 7.05 Å². The van der Waals surface area contributed by atoms with E-state index in [2.05, 4.69) is 28.2 Å². The maximum Gasteiger partial charge on any atom is 0.143 e. The van der Waals surface area contributed by atoms with Gasteiger partial charge in [-0.25, -0.2) is 8.78 Å². The maximum absolute atomic E-state index is 14.1. The Morgan fingerprint density at radius 2 is 1.90 bits per heavy atom. The molecule has 1 aliphatic carbocycles. The molecule has 112 valence electrons. The zero-order valence-electron chi connectivity index (χ0n) is 12.1.